The molecule has 1 saturated heterocycles. The van der Waals surface area contributed by atoms with E-state index in [2.05, 4.69) is 24.1 Å². The van der Waals surface area contributed by atoms with Crippen LogP contribution in [-0.4, -0.2) is 23.7 Å². The zero-order chi connectivity index (χ0) is 11.4. The average molecular weight is 240 g/mol. The third-order valence-electron chi connectivity index (χ3n) is 2.92. The number of nitrogens with zero attached hydrogens (tertiary/aromatic N) is 1. The van der Waals surface area contributed by atoms with Gasteiger partial charge in [0, 0.05) is 24.2 Å². The fraction of sp³-hybridized carbons (Fsp3) is 0.750. The highest BCUT2D eigenvalue weighted by atomic mass is 32.1. The second kappa shape index (κ2) is 5.75. The van der Waals surface area contributed by atoms with Gasteiger partial charge in [-0.2, -0.15) is 0 Å². The van der Waals surface area contributed by atoms with Gasteiger partial charge in [0.2, 0.25) is 0 Å². The van der Waals surface area contributed by atoms with Crippen LogP contribution in [0.3, 0.4) is 0 Å². The second-order valence-electron chi connectivity index (χ2n) is 4.35. The van der Waals surface area contributed by atoms with Crippen molar-refractivity contribution in [2.75, 3.05) is 6.54 Å². The molecule has 2 heterocycles. The summed E-state index contributed by atoms with van der Waals surface area (Å²) < 4.78 is 5.75. The molecule has 0 radical (unpaired) electrons. The molecule has 3 nitrogen and oxygen atoms in total. The van der Waals surface area contributed by atoms with Crippen LogP contribution in [0.2, 0.25) is 0 Å². The summed E-state index contributed by atoms with van der Waals surface area (Å²) in [4.78, 5) is 5.74. The van der Waals surface area contributed by atoms with Crippen LogP contribution in [0.1, 0.15) is 36.6 Å². The fourth-order valence-electron chi connectivity index (χ4n) is 1.97. The molecular formula is C12H20N2OS. The topological polar surface area (TPSA) is 34.2 Å². The van der Waals surface area contributed by atoms with E-state index in [9.17, 15) is 0 Å². The summed E-state index contributed by atoms with van der Waals surface area (Å²) in [7, 11) is 0. The summed E-state index contributed by atoms with van der Waals surface area (Å²) in [5.41, 5.74) is 0. The molecule has 1 N–H and O–H groups in total. The summed E-state index contributed by atoms with van der Waals surface area (Å²) >= 11 is 1.80. The summed E-state index contributed by atoms with van der Waals surface area (Å²) in [6.07, 6.45) is 6.30. The van der Waals surface area contributed by atoms with Crippen molar-refractivity contribution >= 4 is 11.3 Å². The maximum Gasteiger partial charge on any atom is 0.107 e. The predicted molar refractivity (Wildman–Crippen MR) is 66.8 cm³/mol. The minimum atomic E-state index is 0.403. The first kappa shape index (κ1) is 12.0. The van der Waals surface area contributed by atoms with Crippen molar-refractivity contribution in [3.05, 3.63) is 16.1 Å². The van der Waals surface area contributed by atoms with Crippen molar-refractivity contribution in [2.45, 2.75) is 51.9 Å². The number of aryl methyl sites for hydroxylation is 1. The molecule has 1 aliphatic rings. The fourth-order valence-corrected chi connectivity index (χ4v) is 2.80. The molecule has 1 aliphatic heterocycles. The third kappa shape index (κ3) is 3.27. The lowest BCUT2D eigenvalue weighted by Gasteiger charge is -2.11. The van der Waals surface area contributed by atoms with Crippen molar-refractivity contribution in [1.82, 2.24) is 10.3 Å². The van der Waals surface area contributed by atoms with E-state index in [-0.39, 0.29) is 0 Å². The predicted octanol–water partition coefficient (Wildman–Crippen LogP) is 2.36. The molecule has 0 aromatic carbocycles. The van der Waals surface area contributed by atoms with Crippen LogP contribution < -0.4 is 5.32 Å². The molecule has 2 atom stereocenters. The van der Waals surface area contributed by atoms with Gasteiger partial charge in [-0.3, -0.25) is 0 Å². The third-order valence-corrected chi connectivity index (χ3v) is 4.06. The Kier molecular flexibility index (Phi) is 4.32. The van der Waals surface area contributed by atoms with Crippen molar-refractivity contribution in [3.8, 4) is 0 Å². The van der Waals surface area contributed by atoms with E-state index in [1.807, 2.05) is 6.20 Å². The Morgan fingerprint density at radius 1 is 1.56 bits per heavy atom. The Bertz CT molecular complexity index is 327. The number of thiazole rings is 1. The Morgan fingerprint density at radius 3 is 3.06 bits per heavy atom. The second-order valence-corrected chi connectivity index (χ2v) is 5.55. The lowest BCUT2D eigenvalue weighted by Crippen LogP contribution is -2.26. The maximum absolute atomic E-state index is 5.75. The van der Waals surface area contributed by atoms with Crippen molar-refractivity contribution in [3.63, 3.8) is 0 Å². The summed E-state index contributed by atoms with van der Waals surface area (Å²) in [5, 5.41) is 4.61. The number of hydrogen-bond donors (Lipinski definition) is 1. The summed E-state index contributed by atoms with van der Waals surface area (Å²) in [6, 6.07) is 0. The molecule has 90 valence electrons. The quantitative estimate of drug-likeness (QED) is 0.858. The molecule has 0 bridgehead atoms. The van der Waals surface area contributed by atoms with Gasteiger partial charge in [-0.15, -0.1) is 11.3 Å². The van der Waals surface area contributed by atoms with Crippen LogP contribution in [0.4, 0.5) is 0 Å². The first-order chi connectivity index (χ1) is 7.78. The van der Waals surface area contributed by atoms with Gasteiger partial charge in [-0.05, 0) is 26.2 Å². The molecule has 4 heteroatoms. The number of ether oxygens (including phenoxy) is 1. The van der Waals surface area contributed by atoms with Crippen molar-refractivity contribution in [2.24, 2.45) is 0 Å². The van der Waals surface area contributed by atoms with E-state index in [0.29, 0.717) is 12.2 Å². The Morgan fingerprint density at radius 2 is 2.44 bits per heavy atom. The monoisotopic (exact) mass is 240 g/mol. The Balaban J connectivity index is 1.67. The van der Waals surface area contributed by atoms with Gasteiger partial charge < -0.3 is 10.1 Å². The van der Waals surface area contributed by atoms with Crippen LogP contribution in [-0.2, 0) is 17.7 Å². The van der Waals surface area contributed by atoms with Crippen LogP contribution in [0, 0.1) is 0 Å². The Labute approximate surface area is 101 Å². The van der Waals surface area contributed by atoms with Crippen molar-refractivity contribution < 1.29 is 4.74 Å². The first-order valence-electron chi connectivity index (χ1n) is 6.07. The largest absolute Gasteiger partial charge is 0.374 e. The lowest BCUT2D eigenvalue weighted by molar-refractivity contribution is 0.0559. The molecule has 16 heavy (non-hydrogen) atoms. The zero-order valence-corrected chi connectivity index (χ0v) is 10.8. The van der Waals surface area contributed by atoms with Gasteiger partial charge in [0.25, 0.3) is 0 Å². The number of aromatic nitrogens is 1. The van der Waals surface area contributed by atoms with Crippen LogP contribution in [0.15, 0.2) is 6.20 Å². The van der Waals surface area contributed by atoms with E-state index in [0.717, 1.165) is 19.5 Å². The summed E-state index contributed by atoms with van der Waals surface area (Å²) in [5.74, 6) is 0. The van der Waals surface area contributed by atoms with E-state index in [1.165, 1.54) is 22.7 Å². The zero-order valence-electron chi connectivity index (χ0n) is 10.0. The van der Waals surface area contributed by atoms with E-state index in [4.69, 9.17) is 4.74 Å². The molecule has 0 saturated carbocycles. The van der Waals surface area contributed by atoms with E-state index >= 15 is 0 Å². The highest BCUT2D eigenvalue weighted by Crippen LogP contribution is 2.18. The molecule has 1 fully saturated rings. The van der Waals surface area contributed by atoms with Gasteiger partial charge >= 0.3 is 0 Å². The normalized spacial score (nSPS) is 25.1. The summed E-state index contributed by atoms with van der Waals surface area (Å²) in [6.45, 7) is 6.14. The number of rotatable bonds is 5. The van der Waals surface area contributed by atoms with Gasteiger partial charge in [0.15, 0.2) is 0 Å². The Hall–Kier alpha value is -0.450. The first-order valence-corrected chi connectivity index (χ1v) is 6.89. The van der Waals surface area contributed by atoms with E-state index < -0.39 is 0 Å². The van der Waals surface area contributed by atoms with Gasteiger partial charge in [-0.25, -0.2) is 4.98 Å². The molecule has 0 amide bonds. The average Bonchev–Trinajstić information content (AvgIpc) is 2.88. The molecule has 0 aliphatic carbocycles. The maximum atomic E-state index is 5.75. The van der Waals surface area contributed by atoms with Crippen LogP contribution >= 0.6 is 11.3 Å². The van der Waals surface area contributed by atoms with Crippen LogP contribution in [0.25, 0.3) is 0 Å². The molecular weight excluding hydrogens is 220 g/mol. The van der Waals surface area contributed by atoms with E-state index in [1.54, 1.807) is 11.3 Å². The SMILES string of the molecule is CCc1cnc(CNCC2CCC(C)O2)s1. The van der Waals surface area contributed by atoms with Gasteiger partial charge in [0.05, 0.1) is 12.2 Å². The van der Waals surface area contributed by atoms with Crippen molar-refractivity contribution in [1.29, 1.82) is 0 Å². The van der Waals surface area contributed by atoms with Gasteiger partial charge in [0.1, 0.15) is 5.01 Å². The smallest absolute Gasteiger partial charge is 0.107 e. The highest BCUT2D eigenvalue weighted by molar-refractivity contribution is 7.11. The van der Waals surface area contributed by atoms with Crippen LogP contribution in [0.5, 0.6) is 0 Å². The number of nitrogens with one attached hydrogen (secondary N) is 1. The highest BCUT2D eigenvalue weighted by Gasteiger charge is 2.20. The standard InChI is InChI=1S/C12H20N2OS/c1-3-11-7-14-12(16-11)8-13-6-10-5-4-9(2)15-10/h7,9-10,13H,3-6,8H2,1-2H3. The molecule has 2 unspecified atom stereocenters. The molecule has 1 aromatic rings. The number of hydrogen-bond acceptors (Lipinski definition) is 4. The lowest BCUT2D eigenvalue weighted by atomic mass is 10.2. The van der Waals surface area contributed by atoms with Gasteiger partial charge in [-0.1, -0.05) is 6.92 Å². The minimum absolute atomic E-state index is 0.403. The molecule has 2 rings (SSSR count). The molecule has 0 spiro atoms. The molecule has 1 aromatic heterocycles. The minimum Gasteiger partial charge on any atom is -0.374 e.